The first kappa shape index (κ1) is 18.6. The van der Waals surface area contributed by atoms with Crippen LogP contribution in [0.25, 0.3) is 0 Å². The van der Waals surface area contributed by atoms with E-state index in [-0.39, 0.29) is 0 Å². The van der Waals surface area contributed by atoms with Gasteiger partial charge in [-0.2, -0.15) is 5.26 Å². The standard InChI is InChI=1S/C22H37N/c1-2-3-4-5-6-7-19-8-10-20(11-9-19)12-13-21-14-16-22(18-23)17-15-21/h6-7,19-22H,2-5,8-17H2,1H3/b7-6+. The first-order valence-corrected chi connectivity index (χ1v) is 10.4. The highest BCUT2D eigenvalue weighted by atomic mass is 14.3. The summed E-state index contributed by atoms with van der Waals surface area (Å²) in [7, 11) is 0. The Bertz CT molecular complexity index is 362. The molecule has 2 aliphatic carbocycles. The summed E-state index contributed by atoms with van der Waals surface area (Å²) in [6.45, 7) is 2.28. The van der Waals surface area contributed by atoms with Crippen LogP contribution in [-0.2, 0) is 0 Å². The van der Waals surface area contributed by atoms with E-state index in [4.69, 9.17) is 5.26 Å². The zero-order valence-electron chi connectivity index (χ0n) is 15.3. The first-order chi connectivity index (χ1) is 11.3. The Balaban J connectivity index is 1.54. The maximum Gasteiger partial charge on any atom is 0.0655 e. The molecule has 0 unspecified atom stereocenters. The van der Waals surface area contributed by atoms with Gasteiger partial charge in [-0.25, -0.2) is 0 Å². The molecule has 0 aromatic carbocycles. The van der Waals surface area contributed by atoms with Gasteiger partial charge in [0.05, 0.1) is 6.07 Å². The van der Waals surface area contributed by atoms with Crippen LogP contribution in [0.2, 0.25) is 0 Å². The van der Waals surface area contributed by atoms with Crippen LogP contribution in [0, 0.1) is 35.0 Å². The van der Waals surface area contributed by atoms with Gasteiger partial charge in [0.15, 0.2) is 0 Å². The van der Waals surface area contributed by atoms with Gasteiger partial charge in [-0.15, -0.1) is 0 Å². The predicted octanol–water partition coefficient (Wildman–Crippen LogP) is 7.04. The van der Waals surface area contributed by atoms with Crippen molar-refractivity contribution < 1.29 is 0 Å². The van der Waals surface area contributed by atoms with E-state index in [9.17, 15) is 0 Å². The maximum absolute atomic E-state index is 8.98. The molecule has 0 aromatic heterocycles. The molecule has 0 atom stereocenters. The van der Waals surface area contributed by atoms with Crippen molar-refractivity contribution in [3.63, 3.8) is 0 Å². The monoisotopic (exact) mass is 315 g/mol. The van der Waals surface area contributed by atoms with Crippen LogP contribution in [-0.4, -0.2) is 0 Å². The number of nitrogens with zero attached hydrogens (tertiary/aromatic N) is 1. The summed E-state index contributed by atoms with van der Waals surface area (Å²) in [4.78, 5) is 0. The zero-order chi connectivity index (χ0) is 16.3. The van der Waals surface area contributed by atoms with Gasteiger partial charge in [-0.1, -0.05) is 44.8 Å². The van der Waals surface area contributed by atoms with Crippen LogP contribution in [0.3, 0.4) is 0 Å². The molecule has 2 fully saturated rings. The van der Waals surface area contributed by atoms with Gasteiger partial charge in [0.25, 0.3) is 0 Å². The third-order valence-electron chi connectivity index (χ3n) is 6.29. The van der Waals surface area contributed by atoms with Crippen molar-refractivity contribution in [3.8, 4) is 6.07 Å². The molecule has 0 spiro atoms. The third kappa shape index (κ3) is 7.11. The van der Waals surface area contributed by atoms with Crippen molar-refractivity contribution in [2.75, 3.05) is 0 Å². The van der Waals surface area contributed by atoms with Gasteiger partial charge in [-0.05, 0) is 82.0 Å². The molecule has 1 nitrogen and oxygen atoms in total. The smallest absolute Gasteiger partial charge is 0.0655 e. The van der Waals surface area contributed by atoms with Gasteiger partial charge in [0.2, 0.25) is 0 Å². The summed E-state index contributed by atoms with van der Waals surface area (Å²) in [6.07, 6.45) is 24.0. The molecule has 23 heavy (non-hydrogen) atoms. The number of hydrogen-bond donors (Lipinski definition) is 0. The van der Waals surface area contributed by atoms with Crippen LogP contribution in [0.15, 0.2) is 12.2 Å². The Morgan fingerprint density at radius 3 is 2.04 bits per heavy atom. The summed E-state index contributed by atoms with van der Waals surface area (Å²) < 4.78 is 0. The van der Waals surface area contributed by atoms with Crippen LogP contribution in [0.5, 0.6) is 0 Å². The van der Waals surface area contributed by atoms with Gasteiger partial charge in [0.1, 0.15) is 0 Å². The number of unbranched alkanes of at least 4 members (excludes halogenated alkanes) is 3. The molecule has 130 valence electrons. The lowest BCUT2D eigenvalue weighted by molar-refractivity contribution is 0.242. The SMILES string of the molecule is CCCCC/C=C/C1CCC(CCC2CCC(C#N)CC2)CC1. The van der Waals surface area contributed by atoms with Crippen molar-refractivity contribution in [2.24, 2.45) is 23.7 Å². The Morgan fingerprint density at radius 1 is 0.870 bits per heavy atom. The van der Waals surface area contributed by atoms with Gasteiger partial charge in [-0.3, -0.25) is 0 Å². The van der Waals surface area contributed by atoms with Gasteiger partial charge in [0, 0.05) is 5.92 Å². The third-order valence-corrected chi connectivity index (χ3v) is 6.29. The van der Waals surface area contributed by atoms with Crippen molar-refractivity contribution in [1.82, 2.24) is 0 Å². The second-order valence-electron chi connectivity index (χ2n) is 8.13. The Hall–Kier alpha value is -0.770. The number of nitriles is 1. The molecule has 0 amide bonds. The Kier molecular flexibility index (Phi) is 8.80. The lowest BCUT2D eigenvalue weighted by Crippen LogP contribution is -2.17. The highest BCUT2D eigenvalue weighted by Gasteiger charge is 2.23. The van der Waals surface area contributed by atoms with Crippen LogP contribution >= 0.6 is 0 Å². The molecular weight excluding hydrogens is 278 g/mol. The van der Waals surface area contributed by atoms with E-state index in [0.29, 0.717) is 5.92 Å². The van der Waals surface area contributed by atoms with E-state index in [0.717, 1.165) is 30.6 Å². The quantitative estimate of drug-likeness (QED) is 0.348. The average molecular weight is 316 g/mol. The molecule has 1 heteroatoms. The minimum atomic E-state index is 0.366. The molecule has 2 aliphatic rings. The number of hydrogen-bond acceptors (Lipinski definition) is 1. The fourth-order valence-corrected chi connectivity index (χ4v) is 4.52. The maximum atomic E-state index is 8.98. The number of rotatable bonds is 8. The minimum Gasteiger partial charge on any atom is -0.198 e. The van der Waals surface area contributed by atoms with Gasteiger partial charge >= 0.3 is 0 Å². The summed E-state index contributed by atoms with van der Waals surface area (Å²) in [5.41, 5.74) is 0. The molecule has 0 heterocycles. The summed E-state index contributed by atoms with van der Waals surface area (Å²) in [5.74, 6) is 3.16. The molecule has 2 saturated carbocycles. The number of allylic oxidation sites excluding steroid dienone is 2. The van der Waals surface area contributed by atoms with E-state index < -0.39 is 0 Å². The van der Waals surface area contributed by atoms with E-state index in [1.165, 1.54) is 77.0 Å². The largest absolute Gasteiger partial charge is 0.198 e. The summed E-state index contributed by atoms with van der Waals surface area (Å²) in [5, 5.41) is 8.98. The van der Waals surface area contributed by atoms with Crippen LogP contribution in [0.1, 0.15) is 96.8 Å². The van der Waals surface area contributed by atoms with Crippen LogP contribution < -0.4 is 0 Å². The second kappa shape index (κ2) is 10.9. The molecule has 0 aromatic rings. The molecule has 2 rings (SSSR count). The Morgan fingerprint density at radius 2 is 1.48 bits per heavy atom. The molecule has 0 radical (unpaired) electrons. The summed E-state index contributed by atoms with van der Waals surface area (Å²) in [6, 6.07) is 2.46. The minimum absolute atomic E-state index is 0.366. The molecule has 0 saturated heterocycles. The van der Waals surface area contributed by atoms with Crippen molar-refractivity contribution in [3.05, 3.63) is 12.2 Å². The van der Waals surface area contributed by atoms with Crippen molar-refractivity contribution >= 4 is 0 Å². The van der Waals surface area contributed by atoms with Crippen molar-refractivity contribution in [2.45, 2.75) is 96.8 Å². The van der Waals surface area contributed by atoms with Gasteiger partial charge < -0.3 is 0 Å². The predicted molar refractivity (Wildman–Crippen MR) is 99.0 cm³/mol. The fraction of sp³-hybridized carbons (Fsp3) is 0.864. The highest BCUT2D eigenvalue weighted by molar-refractivity contribution is 4.91. The second-order valence-corrected chi connectivity index (χ2v) is 8.13. The average Bonchev–Trinajstić information content (AvgIpc) is 2.61. The lowest BCUT2D eigenvalue weighted by atomic mass is 9.76. The van der Waals surface area contributed by atoms with E-state index in [1.54, 1.807) is 0 Å². The zero-order valence-corrected chi connectivity index (χ0v) is 15.3. The molecule has 0 aliphatic heterocycles. The van der Waals surface area contributed by atoms with E-state index in [2.05, 4.69) is 25.1 Å². The highest BCUT2D eigenvalue weighted by Crippen LogP contribution is 2.36. The first-order valence-electron chi connectivity index (χ1n) is 10.4. The Labute approximate surface area is 144 Å². The lowest BCUT2D eigenvalue weighted by Gasteiger charge is -2.30. The van der Waals surface area contributed by atoms with E-state index in [1.807, 2.05) is 0 Å². The molecular formula is C22H37N. The van der Waals surface area contributed by atoms with Crippen molar-refractivity contribution in [1.29, 1.82) is 5.26 Å². The van der Waals surface area contributed by atoms with E-state index >= 15 is 0 Å². The normalized spacial score (nSPS) is 32.0. The molecule has 0 N–H and O–H groups in total. The topological polar surface area (TPSA) is 23.8 Å². The molecule has 0 bridgehead atoms. The van der Waals surface area contributed by atoms with Crippen LogP contribution in [0.4, 0.5) is 0 Å². The summed E-state index contributed by atoms with van der Waals surface area (Å²) >= 11 is 0. The fourth-order valence-electron chi connectivity index (χ4n) is 4.52.